The SMILES string of the molecule is CNCc1ccoc1Cn1cnc2c1CCCC2. The van der Waals surface area contributed by atoms with Gasteiger partial charge >= 0.3 is 0 Å². The summed E-state index contributed by atoms with van der Waals surface area (Å²) in [5, 5.41) is 3.17. The summed E-state index contributed by atoms with van der Waals surface area (Å²) in [6.07, 6.45) is 8.56. The van der Waals surface area contributed by atoms with Crippen molar-refractivity contribution in [3.05, 3.63) is 41.4 Å². The van der Waals surface area contributed by atoms with Crippen LogP contribution in [0.15, 0.2) is 23.1 Å². The molecule has 0 amide bonds. The minimum absolute atomic E-state index is 0.798. The minimum atomic E-state index is 0.798. The smallest absolute Gasteiger partial charge is 0.127 e. The van der Waals surface area contributed by atoms with Gasteiger partial charge in [0, 0.05) is 17.8 Å². The standard InChI is InChI=1S/C14H19N3O/c1-15-8-11-6-7-18-14(11)9-17-10-16-12-4-2-3-5-13(12)17/h6-7,10,15H,2-5,8-9H2,1H3. The van der Waals surface area contributed by atoms with Crippen LogP contribution in [0.1, 0.15) is 35.6 Å². The number of hydrogen-bond donors (Lipinski definition) is 1. The zero-order chi connectivity index (χ0) is 12.4. The van der Waals surface area contributed by atoms with E-state index in [0.29, 0.717) is 0 Å². The number of fused-ring (bicyclic) bond motifs is 1. The number of nitrogens with zero attached hydrogens (tertiary/aromatic N) is 2. The second-order valence-corrected chi connectivity index (χ2v) is 4.87. The molecule has 3 rings (SSSR count). The van der Waals surface area contributed by atoms with Crippen molar-refractivity contribution in [1.29, 1.82) is 0 Å². The highest BCUT2D eigenvalue weighted by molar-refractivity contribution is 5.21. The Morgan fingerprint density at radius 1 is 1.39 bits per heavy atom. The Kier molecular flexibility index (Phi) is 3.19. The van der Waals surface area contributed by atoms with Crippen molar-refractivity contribution >= 4 is 0 Å². The zero-order valence-corrected chi connectivity index (χ0v) is 10.8. The van der Waals surface area contributed by atoms with Crippen LogP contribution in [-0.4, -0.2) is 16.6 Å². The van der Waals surface area contributed by atoms with E-state index in [0.717, 1.165) is 31.7 Å². The normalized spacial score (nSPS) is 14.7. The van der Waals surface area contributed by atoms with E-state index >= 15 is 0 Å². The molecular weight excluding hydrogens is 226 g/mol. The van der Waals surface area contributed by atoms with Crippen molar-refractivity contribution < 1.29 is 4.42 Å². The van der Waals surface area contributed by atoms with Crippen LogP contribution >= 0.6 is 0 Å². The highest BCUT2D eigenvalue weighted by atomic mass is 16.3. The Bertz CT molecular complexity index is 527. The van der Waals surface area contributed by atoms with Crippen molar-refractivity contribution in [2.75, 3.05) is 7.05 Å². The molecule has 0 fully saturated rings. The van der Waals surface area contributed by atoms with E-state index in [2.05, 4.69) is 14.9 Å². The Morgan fingerprint density at radius 3 is 3.17 bits per heavy atom. The van der Waals surface area contributed by atoms with Gasteiger partial charge in [-0.2, -0.15) is 0 Å². The molecule has 0 saturated heterocycles. The van der Waals surface area contributed by atoms with Gasteiger partial charge in [-0.3, -0.25) is 0 Å². The molecule has 0 aliphatic heterocycles. The maximum Gasteiger partial charge on any atom is 0.127 e. The number of nitrogens with one attached hydrogen (secondary N) is 1. The first kappa shape index (κ1) is 11.5. The largest absolute Gasteiger partial charge is 0.467 e. The van der Waals surface area contributed by atoms with E-state index in [1.807, 2.05) is 19.4 Å². The highest BCUT2D eigenvalue weighted by Gasteiger charge is 2.16. The molecule has 0 atom stereocenters. The fourth-order valence-electron chi connectivity index (χ4n) is 2.68. The van der Waals surface area contributed by atoms with Gasteiger partial charge in [0.25, 0.3) is 0 Å². The van der Waals surface area contributed by atoms with E-state index in [-0.39, 0.29) is 0 Å². The van der Waals surface area contributed by atoms with Crippen LogP contribution in [0.4, 0.5) is 0 Å². The summed E-state index contributed by atoms with van der Waals surface area (Å²) in [4.78, 5) is 4.52. The number of furan rings is 1. The van der Waals surface area contributed by atoms with Crippen molar-refractivity contribution in [3.8, 4) is 0 Å². The van der Waals surface area contributed by atoms with Crippen molar-refractivity contribution in [3.63, 3.8) is 0 Å². The van der Waals surface area contributed by atoms with Gasteiger partial charge in [0.1, 0.15) is 5.76 Å². The zero-order valence-electron chi connectivity index (χ0n) is 10.8. The molecule has 0 unspecified atom stereocenters. The molecular formula is C14H19N3O. The monoisotopic (exact) mass is 245 g/mol. The summed E-state index contributed by atoms with van der Waals surface area (Å²) in [5.74, 6) is 1.04. The third-order valence-corrected chi connectivity index (χ3v) is 3.63. The second kappa shape index (κ2) is 4.98. The molecule has 0 saturated carbocycles. The third kappa shape index (κ3) is 2.08. The fourth-order valence-corrected chi connectivity index (χ4v) is 2.68. The maximum absolute atomic E-state index is 5.59. The molecule has 0 radical (unpaired) electrons. The van der Waals surface area contributed by atoms with Crippen LogP contribution in [-0.2, 0) is 25.9 Å². The highest BCUT2D eigenvalue weighted by Crippen LogP contribution is 2.21. The van der Waals surface area contributed by atoms with E-state index < -0.39 is 0 Å². The quantitative estimate of drug-likeness (QED) is 0.897. The average molecular weight is 245 g/mol. The van der Waals surface area contributed by atoms with E-state index in [4.69, 9.17) is 4.42 Å². The molecule has 18 heavy (non-hydrogen) atoms. The van der Waals surface area contributed by atoms with Gasteiger partial charge in [-0.05, 0) is 38.8 Å². The molecule has 96 valence electrons. The average Bonchev–Trinajstić information content (AvgIpc) is 2.99. The van der Waals surface area contributed by atoms with Gasteiger partial charge in [-0.15, -0.1) is 0 Å². The fraction of sp³-hybridized carbons (Fsp3) is 0.500. The lowest BCUT2D eigenvalue weighted by atomic mass is 10.0. The lowest BCUT2D eigenvalue weighted by Crippen LogP contribution is -2.11. The number of rotatable bonds is 4. The summed E-state index contributed by atoms with van der Waals surface area (Å²) in [6.45, 7) is 1.65. The van der Waals surface area contributed by atoms with E-state index in [9.17, 15) is 0 Å². The van der Waals surface area contributed by atoms with Gasteiger partial charge in [0.15, 0.2) is 0 Å². The van der Waals surface area contributed by atoms with Crippen LogP contribution in [0.5, 0.6) is 0 Å². The van der Waals surface area contributed by atoms with Gasteiger partial charge < -0.3 is 14.3 Å². The Morgan fingerprint density at radius 2 is 2.28 bits per heavy atom. The number of aryl methyl sites for hydroxylation is 1. The van der Waals surface area contributed by atoms with Gasteiger partial charge in [0.2, 0.25) is 0 Å². The Hall–Kier alpha value is -1.55. The van der Waals surface area contributed by atoms with Crippen molar-refractivity contribution in [2.24, 2.45) is 0 Å². The summed E-state index contributed by atoms with van der Waals surface area (Å²) >= 11 is 0. The van der Waals surface area contributed by atoms with Gasteiger partial charge in [0.05, 0.1) is 24.8 Å². The molecule has 2 aromatic rings. The second-order valence-electron chi connectivity index (χ2n) is 4.87. The number of imidazole rings is 1. The van der Waals surface area contributed by atoms with Gasteiger partial charge in [-0.1, -0.05) is 0 Å². The molecule has 2 aromatic heterocycles. The minimum Gasteiger partial charge on any atom is -0.467 e. The van der Waals surface area contributed by atoms with Crippen LogP contribution in [0, 0.1) is 0 Å². The first-order chi connectivity index (χ1) is 8.88. The molecule has 1 aliphatic carbocycles. The van der Waals surface area contributed by atoms with Crippen molar-refractivity contribution in [1.82, 2.24) is 14.9 Å². The maximum atomic E-state index is 5.59. The molecule has 1 N–H and O–H groups in total. The van der Waals surface area contributed by atoms with E-state index in [1.165, 1.54) is 29.8 Å². The van der Waals surface area contributed by atoms with Crippen molar-refractivity contribution in [2.45, 2.75) is 38.8 Å². The Labute approximate surface area is 107 Å². The van der Waals surface area contributed by atoms with Crippen LogP contribution in [0.25, 0.3) is 0 Å². The summed E-state index contributed by atoms with van der Waals surface area (Å²) in [6, 6.07) is 2.04. The summed E-state index contributed by atoms with van der Waals surface area (Å²) in [5.41, 5.74) is 3.91. The molecule has 1 aliphatic rings. The number of hydrogen-bond acceptors (Lipinski definition) is 3. The molecule has 2 heterocycles. The van der Waals surface area contributed by atoms with Crippen LogP contribution in [0.3, 0.4) is 0 Å². The molecule has 0 aromatic carbocycles. The predicted molar refractivity (Wildman–Crippen MR) is 69.4 cm³/mol. The third-order valence-electron chi connectivity index (χ3n) is 3.63. The lowest BCUT2D eigenvalue weighted by Gasteiger charge is -2.13. The number of aromatic nitrogens is 2. The lowest BCUT2D eigenvalue weighted by molar-refractivity contribution is 0.480. The molecule has 0 bridgehead atoms. The summed E-state index contributed by atoms with van der Waals surface area (Å²) in [7, 11) is 1.95. The molecule has 0 spiro atoms. The molecule has 4 nitrogen and oxygen atoms in total. The van der Waals surface area contributed by atoms with Crippen LogP contribution in [0.2, 0.25) is 0 Å². The topological polar surface area (TPSA) is 43.0 Å². The Balaban J connectivity index is 1.83. The first-order valence-electron chi connectivity index (χ1n) is 6.61. The predicted octanol–water partition coefficient (Wildman–Crippen LogP) is 2.12. The van der Waals surface area contributed by atoms with Gasteiger partial charge in [-0.25, -0.2) is 4.98 Å². The van der Waals surface area contributed by atoms with Crippen LogP contribution < -0.4 is 5.32 Å². The summed E-state index contributed by atoms with van der Waals surface area (Å²) < 4.78 is 7.84. The van der Waals surface area contributed by atoms with E-state index in [1.54, 1.807) is 6.26 Å². The molecule has 4 heteroatoms. The first-order valence-corrected chi connectivity index (χ1v) is 6.61.